The zero-order valence-corrected chi connectivity index (χ0v) is 19.0. The van der Waals surface area contributed by atoms with Crippen LogP contribution in [0.3, 0.4) is 0 Å². The van der Waals surface area contributed by atoms with Crippen LogP contribution in [0.15, 0.2) is 59.1 Å². The topological polar surface area (TPSA) is 132 Å². The Morgan fingerprint density at radius 1 is 1.24 bits per heavy atom. The van der Waals surface area contributed by atoms with E-state index in [-0.39, 0.29) is 28.7 Å². The summed E-state index contributed by atoms with van der Waals surface area (Å²) in [5.41, 5.74) is 3.04. The highest BCUT2D eigenvalue weighted by Crippen LogP contribution is 2.29. The Balaban J connectivity index is 1.50. The van der Waals surface area contributed by atoms with Crippen LogP contribution in [0.5, 0.6) is 5.75 Å². The van der Waals surface area contributed by atoms with Gasteiger partial charge in [0.25, 0.3) is 5.91 Å². The maximum atomic E-state index is 12.6. The molecule has 0 aliphatic carbocycles. The smallest absolute Gasteiger partial charge is 0.311 e. The Morgan fingerprint density at radius 3 is 2.79 bits per heavy atom. The number of thiocarbonyl (C=S) groups is 1. The molecule has 4 rings (SSSR count). The molecule has 0 atom stereocenters. The average Bonchev–Trinajstić information content (AvgIpc) is 3.25. The Hall–Kier alpha value is -4.38. The van der Waals surface area contributed by atoms with Gasteiger partial charge in [-0.25, -0.2) is 4.98 Å². The molecule has 0 aliphatic heterocycles. The van der Waals surface area contributed by atoms with Crippen LogP contribution in [0.1, 0.15) is 22.8 Å². The molecule has 4 aromatic rings. The first-order valence-corrected chi connectivity index (χ1v) is 10.6. The van der Waals surface area contributed by atoms with Crippen LogP contribution >= 0.6 is 12.2 Å². The van der Waals surface area contributed by atoms with E-state index in [9.17, 15) is 14.9 Å². The first-order chi connectivity index (χ1) is 16.4. The van der Waals surface area contributed by atoms with Gasteiger partial charge in [-0.2, -0.15) is 4.98 Å². The van der Waals surface area contributed by atoms with Gasteiger partial charge >= 0.3 is 5.69 Å². The molecule has 172 valence electrons. The van der Waals surface area contributed by atoms with E-state index >= 15 is 0 Å². The molecular weight excluding hydrogens is 458 g/mol. The van der Waals surface area contributed by atoms with Crippen LogP contribution < -0.4 is 15.4 Å². The number of hydrogen-bond acceptors (Lipinski definition) is 8. The fourth-order valence-corrected chi connectivity index (χ4v) is 3.39. The lowest BCUT2D eigenvalue weighted by molar-refractivity contribution is -0.385. The van der Waals surface area contributed by atoms with Crippen LogP contribution in [0.25, 0.3) is 22.7 Å². The van der Waals surface area contributed by atoms with E-state index in [1.165, 1.54) is 12.1 Å². The van der Waals surface area contributed by atoms with Gasteiger partial charge in [0.05, 0.1) is 11.5 Å². The highest BCUT2D eigenvalue weighted by molar-refractivity contribution is 7.80. The third-order valence-electron chi connectivity index (χ3n) is 4.84. The number of nitro groups is 1. The first kappa shape index (κ1) is 22.8. The van der Waals surface area contributed by atoms with Crippen LogP contribution in [0.2, 0.25) is 0 Å². The highest BCUT2D eigenvalue weighted by Gasteiger charge is 2.19. The van der Waals surface area contributed by atoms with Gasteiger partial charge in [-0.1, -0.05) is 6.07 Å². The molecule has 0 spiro atoms. The molecule has 10 nitrogen and oxygen atoms in total. The summed E-state index contributed by atoms with van der Waals surface area (Å²) in [6.45, 7) is 3.85. The van der Waals surface area contributed by atoms with E-state index in [2.05, 4.69) is 20.6 Å². The number of nitrogens with zero attached hydrogens (tertiary/aromatic N) is 3. The van der Waals surface area contributed by atoms with Crippen LogP contribution in [0.4, 0.5) is 11.4 Å². The predicted molar refractivity (Wildman–Crippen MR) is 130 cm³/mol. The van der Waals surface area contributed by atoms with Gasteiger partial charge in [-0.15, -0.1) is 0 Å². The number of rotatable bonds is 6. The lowest BCUT2D eigenvalue weighted by Crippen LogP contribution is -2.34. The molecule has 0 bridgehead atoms. The molecule has 2 aromatic carbocycles. The van der Waals surface area contributed by atoms with Gasteiger partial charge in [0.2, 0.25) is 5.89 Å². The number of oxazole rings is 1. The van der Waals surface area contributed by atoms with E-state index in [0.29, 0.717) is 28.4 Å². The number of hydrogen-bond donors (Lipinski definition) is 2. The number of nitrogens with one attached hydrogen (secondary N) is 2. The molecule has 0 saturated heterocycles. The Morgan fingerprint density at radius 2 is 2.06 bits per heavy atom. The lowest BCUT2D eigenvalue weighted by atomic mass is 10.1. The van der Waals surface area contributed by atoms with Crippen molar-refractivity contribution in [3.8, 4) is 17.2 Å². The lowest BCUT2D eigenvalue weighted by Gasteiger charge is -2.13. The van der Waals surface area contributed by atoms with E-state index in [1.54, 1.807) is 31.3 Å². The summed E-state index contributed by atoms with van der Waals surface area (Å²) in [7, 11) is 0. The first-order valence-electron chi connectivity index (χ1n) is 10.2. The van der Waals surface area contributed by atoms with Crippen molar-refractivity contribution in [3.05, 3.63) is 76.0 Å². The molecule has 0 fully saturated rings. The molecule has 0 unspecified atom stereocenters. The number of carbonyl (C=O) groups excluding carboxylic acids is 1. The number of amides is 1. The van der Waals surface area contributed by atoms with Crippen molar-refractivity contribution in [2.24, 2.45) is 0 Å². The van der Waals surface area contributed by atoms with Gasteiger partial charge in [0.15, 0.2) is 22.1 Å². The van der Waals surface area contributed by atoms with E-state index < -0.39 is 10.8 Å². The van der Waals surface area contributed by atoms with Crippen LogP contribution in [-0.4, -0.2) is 32.5 Å². The zero-order valence-electron chi connectivity index (χ0n) is 18.2. The van der Waals surface area contributed by atoms with Crippen molar-refractivity contribution < 1.29 is 18.9 Å². The summed E-state index contributed by atoms with van der Waals surface area (Å²) in [5.74, 6) is -0.109. The molecule has 2 aromatic heterocycles. The largest absolute Gasteiger partial charge is 0.487 e. The maximum Gasteiger partial charge on any atom is 0.311 e. The summed E-state index contributed by atoms with van der Waals surface area (Å²) in [6, 6.07) is 13.0. The minimum Gasteiger partial charge on any atom is -0.487 e. The minimum atomic E-state index is -0.602. The normalized spacial score (nSPS) is 10.6. The number of nitro benzene ring substituents is 1. The highest BCUT2D eigenvalue weighted by atomic mass is 32.1. The molecule has 34 heavy (non-hydrogen) atoms. The molecule has 0 saturated carbocycles. The third kappa shape index (κ3) is 4.84. The summed E-state index contributed by atoms with van der Waals surface area (Å²) in [6.07, 6.45) is 1.64. The summed E-state index contributed by atoms with van der Waals surface area (Å²) in [5, 5.41) is 16.9. The average molecular weight is 478 g/mol. The second-order valence-electron chi connectivity index (χ2n) is 7.15. The SMILES string of the molecule is CCOc1ccc(C(=O)NC(=S)Nc2cc(-c3nc4ncccc4o3)ccc2C)cc1[N+](=O)[O-]. The Labute approximate surface area is 199 Å². The number of aryl methyl sites for hydroxylation is 1. The maximum absolute atomic E-state index is 12.6. The van der Waals surface area contributed by atoms with E-state index in [0.717, 1.165) is 11.6 Å². The molecule has 2 N–H and O–H groups in total. The summed E-state index contributed by atoms with van der Waals surface area (Å²) in [4.78, 5) is 31.9. The van der Waals surface area contributed by atoms with Crippen LogP contribution in [-0.2, 0) is 0 Å². The standard InChI is InChI=1S/C23H19N5O5S/c1-3-32-18-9-8-14(12-17(18)28(30)31)21(29)27-23(34)25-16-11-15(7-6-13(16)2)22-26-20-19(33-22)5-4-10-24-20/h4-12H,3H2,1-2H3,(H2,25,27,29,34). The van der Waals surface area contributed by atoms with Gasteiger partial charge in [-0.05, 0) is 68.0 Å². The van der Waals surface area contributed by atoms with Gasteiger partial charge in [0.1, 0.15) is 0 Å². The number of aromatic nitrogens is 2. The second-order valence-corrected chi connectivity index (χ2v) is 7.56. The Kier molecular flexibility index (Phi) is 6.46. The summed E-state index contributed by atoms with van der Waals surface area (Å²) < 4.78 is 11.0. The van der Waals surface area contributed by atoms with Gasteiger partial charge < -0.3 is 14.5 Å². The fourth-order valence-electron chi connectivity index (χ4n) is 3.19. The number of fused-ring (bicyclic) bond motifs is 1. The van der Waals surface area contributed by atoms with Crippen molar-refractivity contribution in [3.63, 3.8) is 0 Å². The van der Waals surface area contributed by atoms with E-state index in [1.807, 2.05) is 19.1 Å². The quantitative estimate of drug-likeness (QED) is 0.232. The molecule has 0 aliphatic rings. The molecular formula is C23H19N5O5S. The third-order valence-corrected chi connectivity index (χ3v) is 5.05. The van der Waals surface area contributed by atoms with Crippen molar-refractivity contribution in [2.45, 2.75) is 13.8 Å². The second kappa shape index (κ2) is 9.63. The van der Waals surface area contributed by atoms with Crippen LogP contribution in [0, 0.1) is 17.0 Å². The number of pyridine rings is 1. The molecule has 1 amide bonds. The number of benzene rings is 2. The number of anilines is 1. The fraction of sp³-hybridized carbons (Fsp3) is 0.130. The van der Waals surface area contributed by atoms with Gasteiger partial charge in [0, 0.05) is 29.1 Å². The van der Waals surface area contributed by atoms with Crippen molar-refractivity contribution in [1.29, 1.82) is 0 Å². The molecule has 0 radical (unpaired) electrons. The molecule has 2 heterocycles. The zero-order chi connectivity index (χ0) is 24.2. The van der Waals surface area contributed by atoms with Crippen molar-refractivity contribution in [2.75, 3.05) is 11.9 Å². The minimum absolute atomic E-state index is 0.0287. The Bertz CT molecular complexity index is 1390. The van der Waals surface area contributed by atoms with Crippen molar-refractivity contribution in [1.82, 2.24) is 15.3 Å². The predicted octanol–water partition coefficient (Wildman–Crippen LogP) is 4.63. The number of ether oxygens (including phenoxy) is 1. The van der Waals surface area contributed by atoms with Gasteiger partial charge in [-0.3, -0.25) is 20.2 Å². The number of carbonyl (C=O) groups is 1. The monoisotopic (exact) mass is 477 g/mol. The summed E-state index contributed by atoms with van der Waals surface area (Å²) >= 11 is 5.29. The molecule has 11 heteroatoms. The van der Waals surface area contributed by atoms with E-state index in [4.69, 9.17) is 21.4 Å². The van der Waals surface area contributed by atoms with Crippen molar-refractivity contribution >= 4 is 45.8 Å².